The van der Waals surface area contributed by atoms with Crippen LogP contribution in [0.2, 0.25) is 0 Å². The number of nitrogens with one attached hydrogen (secondary N) is 1. The minimum absolute atomic E-state index is 0.343. The van der Waals surface area contributed by atoms with E-state index in [2.05, 4.69) is 24.4 Å². The molecule has 4 nitrogen and oxygen atoms in total. The third-order valence-corrected chi connectivity index (χ3v) is 4.07. The average Bonchev–Trinajstić information content (AvgIpc) is 2.88. The van der Waals surface area contributed by atoms with Crippen LogP contribution in [0.1, 0.15) is 30.5 Å². The summed E-state index contributed by atoms with van der Waals surface area (Å²) in [7, 11) is 1.76. The van der Waals surface area contributed by atoms with Crippen molar-refractivity contribution in [3.8, 4) is 11.5 Å². The van der Waals surface area contributed by atoms with Crippen molar-refractivity contribution >= 4 is 0 Å². The second-order valence-corrected chi connectivity index (χ2v) is 5.34. The van der Waals surface area contributed by atoms with Crippen LogP contribution < -0.4 is 14.8 Å². The van der Waals surface area contributed by atoms with Gasteiger partial charge in [-0.05, 0) is 48.6 Å². The first kappa shape index (κ1) is 12.8. The summed E-state index contributed by atoms with van der Waals surface area (Å²) in [4.78, 5) is 0. The maximum absolute atomic E-state index is 5.50. The molecular formula is C15H21NO3. The highest BCUT2D eigenvalue weighted by Gasteiger charge is 2.27. The number of fused-ring (bicyclic) bond motifs is 2. The fraction of sp³-hybridized carbons (Fsp3) is 0.600. The molecule has 2 unspecified atom stereocenters. The Bertz CT molecular complexity index is 461. The van der Waals surface area contributed by atoms with Gasteiger partial charge in [0.15, 0.2) is 11.5 Å². The Balaban J connectivity index is 1.86. The van der Waals surface area contributed by atoms with Gasteiger partial charge >= 0.3 is 0 Å². The van der Waals surface area contributed by atoms with E-state index in [-0.39, 0.29) is 0 Å². The highest BCUT2D eigenvalue weighted by Crippen LogP contribution is 2.40. The third-order valence-electron chi connectivity index (χ3n) is 4.07. The van der Waals surface area contributed by atoms with E-state index < -0.39 is 0 Å². The molecule has 0 fully saturated rings. The third kappa shape index (κ3) is 2.42. The van der Waals surface area contributed by atoms with Gasteiger partial charge in [-0.1, -0.05) is 6.92 Å². The largest absolute Gasteiger partial charge is 0.454 e. The molecule has 3 rings (SSSR count). The van der Waals surface area contributed by atoms with E-state index in [0.717, 1.165) is 37.5 Å². The van der Waals surface area contributed by atoms with Crippen molar-refractivity contribution in [2.75, 3.05) is 27.1 Å². The van der Waals surface area contributed by atoms with Crippen LogP contribution in [0.5, 0.6) is 11.5 Å². The molecule has 2 heterocycles. The molecule has 1 N–H and O–H groups in total. The molecule has 0 amide bonds. The Morgan fingerprint density at radius 1 is 1.37 bits per heavy atom. The van der Waals surface area contributed by atoms with Gasteiger partial charge in [0, 0.05) is 19.8 Å². The number of methoxy groups -OCH3 is 1. The smallest absolute Gasteiger partial charge is 0.231 e. The lowest BCUT2D eigenvalue weighted by Gasteiger charge is -2.31. The first-order valence-corrected chi connectivity index (χ1v) is 6.94. The van der Waals surface area contributed by atoms with E-state index in [0.29, 0.717) is 18.8 Å². The molecule has 0 saturated heterocycles. The SMILES string of the molecule is COCCC(C)C1NCCc2cc3c(cc21)OCO3. The topological polar surface area (TPSA) is 39.7 Å². The second-order valence-electron chi connectivity index (χ2n) is 5.34. The molecule has 2 aliphatic heterocycles. The van der Waals surface area contributed by atoms with Crippen LogP contribution in [0.25, 0.3) is 0 Å². The van der Waals surface area contributed by atoms with Crippen molar-refractivity contribution < 1.29 is 14.2 Å². The van der Waals surface area contributed by atoms with Crippen LogP contribution in [0.3, 0.4) is 0 Å². The lowest BCUT2D eigenvalue weighted by Crippen LogP contribution is -2.34. The van der Waals surface area contributed by atoms with Crippen molar-refractivity contribution in [2.45, 2.75) is 25.8 Å². The molecule has 0 saturated carbocycles. The number of rotatable bonds is 4. The zero-order valence-corrected chi connectivity index (χ0v) is 11.6. The van der Waals surface area contributed by atoms with E-state index in [1.165, 1.54) is 11.1 Å². The molecule has 0 aromatic heterocycles. The monoisotopic (exact) mass is 263 g/mol. The van der Waals surface area contributed by atoms with Crippen LogP contribution in [0.4, 0.5) is 0 Å². The van der Waals surface area contributed by atoms with Gasteiger partial charge in [-0.2, -0.15) is 0 Å². The molecule has 2 atom stereocenters. The minimum Gasteiger partial charge on any atom is -0.454 e. The van der Waals surface area contributed by atoms with E-state index in [1.54, 1.807) is 7.11 Å². The molecule has 0 bridgehead atoms. The van der Waals surface area contributed by atoms with Crippen LogP contribution >= 0.6 is 0 Å². The van der Waals surface area contributed by atoms with E-state index in [9.17, 15) is 0 Å². The normalized spacial score (nSPS) is 22.1. The zero-order valence-electron chi connectivity index (χ0n) is 11.6. The summed E-state index contributed by atoms with van der Waals surface area (Å²) in [6.07, 6.45) is 2.11. The Morgan fingerprint density at radius 3 is 2.95 bits per heavy atom. The van der Waals surface area contributed by atoms with Crippen molar-refractivity contribution in [3.05, 3.63) is 23.3 Å². The molecule has 2 aliphatic rings. The van der Waals surface area contributed by atoms with Gasteiger partial charge in [0.25, 0.3) is 0 Å². The summed E-state index contributed by atoms with van der Waals surface area (Å²) in [5, 5.41) is 3.62. The molecule has 1 aromatic carbocycles. The molecule has 0 spiro atoms. The lowest BCUT2D eigenvalue weighted by atomic mass is 9.85. The summed E-state index contributed by atoms with van der Waals surface area (Å²) >= 11 is 0. The highest BCUT2D eigenvalue weighted by atomic mass is 16.7. The van der Waals surface area contributed by atoms with Gasteiger partial charge in [-0.3, -0.25) is 0 Å². The van der Waals surface area contributed by atoms with Gasteiger partial charge in [0.05, 0.1) is 0 Å². The van der Waals surface area contributed by atoms with Crippen molar-refractivity contribution in [1.29, 1.82) is 0 Å². The summed E-state index contributed by atoms with van der Waals surface area (Å²) < 4.78 is 16.2. The van der Waals surface area contributed by atoms with Crippen molar-refractivity contribution in [2.24, 2.45) is 5.92 Å². The number of ether oxygens (including phenoxy) is 3. The van der Waals surface area contributed by atoms with Gasteiger partial charge in [-0.25, -0.2) is 0 Å². The predicted octanol–water partition coefficient (Wildman–Crippen LogP) is 2.27. The Labute approximate surface area is 114 Å². The zero-order chi connectivity index (χ0) is 13.2. The average molecular weight is 263 g/mol. The summed E-state index contributed by atoms with van der Waals surface area (Å²) in [5.41, 5.74) is 2.75. The fourth-order valence-corrected chi connectivity index (χ4v) is 2.96. The fourth-order valence-electron chi connectivity index (χ4n) is 2.96. The van der Waals surface area contributed by atoms with E-state index in [4.69, 9.17) is 14.2 Å². The molecule has 0 radical (unpaired) electrons. The van der Waals surface area contributed by atoms with Crippen molar-refractivity contribution in [3.63, 3.8) is 0 Å². The van der Waals surface area contributed by atoms with Crippen LogP contribution in [0, 0.1) is 5.92 Å². The summed E-state index contributed by atoms with van der Waals surface area (Å²) in [6, 6.07) is 4.68. The number of benzene rings is 1. The Hall–Kier alpha value is -1.26. The van der Waals surface area contributed by atoms with Gasteiger partial charge in [0.1, 0.15) is 0 Å². The minimum atomic E-state index is 0.343. The molecule has 1 aromatic rings. The Morgan fingerprint density at radius 2 is 2.16 bits per heavy atom. The summed E-state index contributed by atoms with van der Waals surface area (Å²) in [6.45, 7) is 4.44. The maximum Gasteiger partial charge on any atom is 0.231 e. The molecular weight excluding hydrogens is 242 g/mol. The molecule has 104 valence electrons. The maximum atomic E-state index is 5.50. The number of hydrogen-bond acceptors (Lipinski definition) is 4. The highest BCUT2D eigenvalue weighted by molar-refractivity contribution is 5.50. The van der Waals surface area contributed by atoms with E-state index >= 15 is 0 Å². The van der Waals surface area contributed by atoms with Gasteiger partial charge < -0.3 is 19.5 Å². The second kappa shape index (κ2) is 5.39. The molecule has 4 heteroatoms. The lowest BCUT2D eigenvalue weighted by molar-refractivity contribution is 0.169. The van der Waals surface area contributed by atoms with Gasteiger partial charge in [0.2, 0.25) is 6.79 Å². The van der Waals surface area contributed by atoms with E-state index in [1.807, 2.05) is 0 Å². The van der Waals surface area contributed by atoms with Crippen LogP contribution in [0.15, 0.2) is 12.1 Å². The molecule has 19 heavy (non-hydrogen) atoms. The van der Waals surface area contributed by atoms with Crippen LogP contribution in [-0.4, -0.2) is 27.1 Å². The first-order valence-electron chi connectivity index (χ1n) is 6.94. The molecule has 0 aliphatic carbocycles. The standard InChI is InChI=1S/C15H21NO3/c1-10(4-6-17-2)15-12-8-14-13(18-9-19-14)7-11(12)3-5-16-15/h7-8,10,15-16H,3-6,9H2,1-2H3. The summed E-state index contributed by atoms with van der Waals surface area (Å²) in [5.74, 6) is 2.31. The number of hydrogen-bond donors (Lipinski definition) is 1. The first-order chi connectivity index (χ1) is 9.29. The predicted molar refractivity (Wildman–Crippen MR) is 72.7 cm³/mol. The van der Waals surface area contributed by atoms with Crippen molar-refractivity contribution in [1.82, 2.24) is 5.32 Å². The quantitative estimate of drug-likeness (QED) is 0.904. The van der Waals surface area contributed by atoms with Crippen LogP contribution in [-0.2, 0) is 11.2 Å². The van der Waals surface area contributed by atoms with Gasteiger partial charge in [-0.15, -0.1) is 0 Å². The Kier molecular flexibility index (Phi) is 3.62.